The Kier molecular flexibility index (Phi) is 4.94. The molecule has 0 aliphatic heterocycles. The van der Waals surface area contributed by atoms with Crippen molar-refractivity contribution in [2.75, 3.05) is 13.6 Å². The summed E-state index contributed by atoms with van der Waals surface area (Å²) in [6.07, 6.45) is 10.1. The van der Waals surface area contributed by atoms with Crippen LogP contribution in [0.2, 0.25) is 0 Å². The predicted octanol–water partition coefficient (Wildman–Crippen LogP) is 3.59. The lowest BCUT2D eigenvalue weighted by Crippen LogP contribution is -2.36. The third kappa shape index (κ3) is 2.98. The maximum absolute atomic E-state index is 3.38. The van der Waals surface area contributed by atoms with E-state index in [0.717, 1.165) is 5.92 Å². The Bertz CT molecular complexity index is 147. The van der Waals surface area contributed by atoms with Gasteiger partial charge in [-0.2, -0.15) is 0 Å². The normalized spacial score (nSPS) is 24.2. The van der Waals surface area contributed by atoms with E-state index < -0.39 is 0 Å². The van der Waals surface area contributed by atoms with Crippen molar-refractivity contribution in [3.8, 4) is 0 Å². The summed E-state index contributed by atoms with van der Waals surface area (Å²) in [6.45, 7) is 6.01. The standard InChI is InChI=1S/C13H27N/c1-4-13(2,11-14-3)12-9-7-5-6-8-10-12/h12,14H,4-11H2,1-3H3. The van der Waals surface area contributed by atoms with Crippen LogP contribution >= 0.6 is 0 Å². The van der Waals surface area contributed by atoms with Crippen LogP contribution in [0.4, 0.5) is 0 Å². The van der Waals surface area contributed by atoms with Crippen LogP contribution in [0.3, 0.4) is 0 Å². The molecule has 0 heterocycles. The van der Waals surface area contributed by atoms with E-state index >= 15 is 0 Å². The third-order valence-electron chi connectivity index (χ3n) is 4.23. The van der Waals surface area contributed by atoms with Gasteiger partial charge in [-0.05, 0) is 37.6 Å². The Morgan fingerprint density at radius 2 is 1.71 bits per heavy atom. The van der Waals surface area contributed by atoms with Gasteiger partial charge in [-0.15, -0.1) is 0 Å². The summed E-state index contributed by atoms with van der Waals surface area (Å²) in [6, 6.07) is 0. The lowest BCUT2D eigenvalue weighted by atomic mass is 9.71. The summed E-state index contributed by atoms with van der Waals surface area (Å²) >= 11 is 0. The predicted molar refractivity (Wildman–Crippen MR) is 63.5 cm³/mol. The van der Waals surface area contributed by atoms with Gasteiger partial charge in [0.2, 0.25) is 0 Å². The second kappa shape index (κ2) is 5.75. The van der Waals surface area contributed by atoms with Crippen molar-refractivity contribution in [1.82, 2.24) is 5.32 Å². The third-order valence-corrected chi connectivity index (χ3v) is 4.23. The maximum atomic E-state index is 3.38. The molecule has 84 valence electrons. The zero-order valence-corrected chi connectivity index (χ0v) is 10.2. The van der Waals surface area contributed by atoms with E-state index in [1.165, 1.54) is 51.5 Å². The lowest BCUT2D eigenvalue weighted by molar-refractivity contribution is 0.155. The topological polar surface area (TPSA) is 12.0 Å². The molecule has 0 amide bonds. The average molecular weight is 197 g/mol. The minimum Gasteiger partial charge on any atom is -0.319 e. The molecule has 0 spiro atoms. The van der Waals surface area contributed by atoms with E-state index in [1.807, 2.05) is 0 Å². The van der Waals surface area contributed by atoms with Crippen molar-refractivity contribution in [3.63, 3.8) is 0 Å². The monoisotopic (exact) mass is 197 g/mol. The highest BCUT2D eigenvalue weighted by Crippen LogP contribution is 2.39. The fourth-order valence-electron chi connectivity index (χ4n) is 2.94. The van der Waals surface area contributed by atoms with Crippen LogP contribution in [0.1, 0.15) is 58.8 Å². The van der Waals surface area contributed by atoms with E-state index in [-0.39, 0.29) is 0 Å². The van der Waals surface area contributed by atoms with E-state index in [0.29, 0.717) is 5.41 Å². The number of nitrogens with one attached hydrogen (secondary N) is 1. The Morgan fingerprint density at radius 1 is 1.14 bits per heavy atom. The van der Waals surface area contributed by atoms with Crippen LogP contribution in [-0.2, 0) is 0 Å². The molecule has 0 bridgehead atoms. The van der Waals surface area contributed by atoms with Gasteiger partial charge in [0, 0.05) is 6.54 Å². The smallest absolute Gasteiger partial charge is 0.000471 e. The van der Waals surface area contributed by atoms with Crippen molar-refractivity contribution in [1.29, 1.82) is 0 Å². The summed E-state index contributed by atoms with van der Waals surface area (Å²) in [5.41, 5.74) is 0.541. The molecule has 1 nitrogen and oxygen atoms in total. The fraction of sp³-hybridized carbons (Fsp3) is 1.00. The summed E-state index contributed by atoms with van der Waals surface area (Å²) in [5.74, 6) is 0.961. The zero-order chi connectivity index (χ0) is 10.4. The molecule has 0 aromatic carbocycles. The fourth-order valence-corrected chi connectivity index (χ4v) is 2.94. The van der Waals surface area contributed by atoms with Crippen LogP contribution in [0.15, 0.2) is 0 Å². The number of hydrogen-bond acceptors (Lipinski definition) is 1. The highest BCUT2D eigenvalue weighted by Gasteiger charge is 2.31. The van der Waals surface area contributed by atoms with Gasteiger partial charge >= 0.3 is 0 Å². The minimum atomic E-state index is 0.541. The second-order valence-corrected chi connectivity index (χ2v) is 5.23. The van der Waals surface area contributed by atoms with E-state index in [4.69, 9.17) is 0 Å². The molecule has 1 N–H and O–H groups in total. The molecule has 1 atom stereocenters. The van der Waals surface area contributed by atoms with E-state index in [2.05, 4.69) is 26.2 Å². The van der Waals surface area contributed by atoms with Gasteiger partial charge < -0.3 is 5.32 Å². The van der Waals surface area contributed by atoms with Crippen molar-refractivity contribution in [2.24, 2.45) is 11.3 Å². The molecule has 1 unspecified atom stereocenters. The first kappa shape index (κ1) is 12.0. The molecule has 0 aromatic rings. The SMILES string of the molecule is CCC(C)(CNC)C1CCCCCC1. The van der Waals surface area contributed by atoms with Crippen molar-refractivity contribution in [3.05, 3.63) is 0 Å². The van der Waals surface area contributed by atoms with Crippen molar-refractivity contribution >= 4 is 0 Å². The van der Waals surface area contributed by atoms with Gasteiger partial charge in [0.1, 0.15) is 0 Å². The first-order chi connectivity index (χ1) is 6.73. The maximum Gasteiger partial charge on any atom is 0.000471 e. The Labute approximate surface area is 89.7 Å². The zero-order valence-electron chi connectivity index (χ0n) is 10.2. The summed E-state index contributed by atoms with van der Waals surface area (Å²) in [7, 11) is 2.09. The molecule has 1 fully saturated rings. The Hall–Kier alpha value is -0.0400. The van der Waals surface area contributed by atoms with Gasteiger partial charge in [-0.3, -0.25) is 0 Å². The molecular weight excluding hydrogens is 170 g/mol. The number of rotatable bonds is 4. The van der Waals surface area contributed by atoms with E-state index in [1.54, 1.807) is 0 Å². The van der Waals surface area contributed by atoms with Crippen LogP contribution < -0.4 is 5.32 Å². The van der Waals surface area contributed by atoms with Gasteiger partial charge in [-0.1, -0.05) is 39.5 Å². The molecule has 0 aromatic heterocycles. The quantitative estimate of drug-likeness (QED) is 0.679. The van der Waals surface area contributed by atoms with Crippen LogP contribution in [0.25, 0.3) is 0 Å². The molecule has 1 rings (SSSR count). The first-order valence-corrected chi connectivity index (χ1v) is 6.37. The molecule has 1 aliphatic carbocycles. The highest BCUT2D eigenvalue weighted by atomic mass is 14.8. The molecule has 1 saturated carbocycles. The molecule has 1 heteroatoms. The van der Waals surface area contributed by atoms with Crippen molar-refractivity contribution in [2.45, 2.75) is 58.8 Å². The average Bonchev–Trinajstić information content (AvgIpc) is 2.46. The molecular formula is C13H27N. The summed E-state index contributed by atoms with van der Waals surface area (Å²) < 4.78 is 0. The number of hydrogen-bond donors (Lipinski definition) is 1. The highest BCUT2D eigenvalue weighted by molar-refractivity contribution is 4.84. The minimum absolute atomic E-state index is 0.541. The molecule has 1 aliphatic rings. The first-order valence-electron chi connectivity index (χ1n) is 6.37. The van der Waals surface area contributed by atoms with Crippen molar-refractivity contribution < 1.29 is 0 Å². The molecule has 0 radical (unpaired) electrons. The van der Waals surface area contributed by atoms with Gasteiger partial charge in [-0.25, -0.2) is 0 Å². The van der Waals surface area contributed by atoms with Gasteiger partial charge in [0.15, 0.2) is 0 Å². The summed E-state index contributed by atoms with van der Waals surface area (Å²) in [4.78, 5) is 0. The largest absolute Gasteiger partial charge is 0.319 e. The van der Waals surface area contributed by atoms with Crippen LogP contribution in [0, 0.1) is 11.3 Å². The Morgan fingerprint density at radius 3 is 2.14 bits per heavy atom. The second-order valence-electron chi connectivity index (χ2n) is 5.23. The molecule has 14 heavy (non-hydrogen) atoms. The van der Waals surface area contributed by atoms with Gasteiger partial charge in [0.25, 0.3) is 0 Å². The van der Waals surface area contributed by atoms with Crippen LogP contribution in [-0.4, -0.2) is 13.6 Å². The van der Waals surface area contributed by atoms with Gasteiger partial charge in [0.05, 0.1) is 0 Å². The molecule has 0 saturated heterocycles. The Balaban J connectivity index is 2.56. The lowest BCUT2D eigenvalue weighted by Gasteiger charge is -2.36. The van der Waals surface area contributed by atoms with Crippen LogP contribution in [0.5, 0.6) is 0 Å². The summed E-state index contributed by atoms with van der Waals surface area (Å²) in [5, 5.41) is 3.38. The van der Waals surface area contributed by atoms with E-state index in [9.17, 15) is 0 Å².